The molecule has 202 valence electrons. The number of fused-ring (bicyclic) bond motifs is 1. The Hall–Kier alpha value is -4.73. The van der Waals surface area contributed by atoms with Gasteiger partial charge in [0.05, 0.1) is 50.5 Å². The summed E-state index contributed by atoms with van der Waals surface area (Å²) in [7, 11) is 6.79. The van der Waals surface area contributed by atoms with E-state index >= 15 is 0 Å². The summed E-state index contributed by atoms with van der Waals surface area (Å²) in [4.78, 5) is 19.6. The Morgan fingerprint density at radius 2 is 1.54 bits per heavy atom. The summed E-state index contributed by atoms with van der Waals surface area (Å²) < 4.78 is 17.6. The van der Waals surface area contributed by atoms with Crippen molar-refractivity contribution in [2.45, 2.75) is 20.3 Å². The number of hydrogen-bond acceptors (Lipinski definition) is 9. The zero-order valence-electron chi connectivity index (χ0n) is 23.1. The van der Waals surface area contributed by atoms with Crippen LogP contribution in [0.4, 0.5) is 11.4 Å². The summed E-state index contributed by atoms with van der Waals surface area (Å²) >= 11 is 0. The maximum atomic E-state index is 5.43. The van der Waals surface area contributed by atoms with E-state index in [0.717, 1.165) is 63.8 Å². The van der Waals surface area contributed by atoms with Crippen LogP contribution in [0.2, 0.25) is 0 Å². The van der Waals surface area contributed by atoms with Gasteiger partial charge in [0.15, 0.2) is 0 Å². The van der Waals surface area contributed by atoms with Gasteiger partial charge in [0, 0.05) is 67.3 Å². The average Bonchev–Trinajstić information content (AvgIpc) is 3.43. The molecule has 39 heavy (non-hydrogen) atoms. The summed E-state index contributed by atoms with van der Waals surface area (Å²) in [5.74, 6) is 2.12. The number of ether oxygens (including phenoxy) is 3. The van der Waals surface area contributed by atoms with Crippen molar-refractivity contribution in [2.24, 2.45) is 7.05 Å². The fourth-order valence-electron chi connectivity index (χ4n) is 4.09. The van der Waals surface area contributed by atoms with E-state index in [1.807, 2.05) is 44.4 Å². The molecule has 5 rings (SSSR count). The second kappa shape index (κ2) is 12.7. The van der Waals surface area contributed by atoms with Gasteiger partial charge in [-0.25, -0.2) is 9.97 Å². The predicted molar refractivity (Wildman–Crippen MR) is 152 cm³/mol. The van der Waals surface area contributed by atoms with E-state index in [1.165, 1.54) is 0 Å². The van der Waals surface area contributed by atoms with E-state index in [1.54, 1.807) is 50.8 Å². The molecule has 0 saturated carbocycles. The lowest BCUT2D eigenvalue weighted by Crippen LogP contribution is -2.16. The van der Waals surface area contributed by atoms with Crippen molar-refractivity contribution >= 4 is 22.4 Å². The van der Waals surface area contributed by atoms with Gasteiger partial charge in [-0.3, -0.25) is 14.6 Å². The van der Waals surface area contributed by atoms with Crippen LogP contribution in [0.1, 0.15) is 19.5 Å². The average molecular weight is 528 g/mol. The molecule has 0 atom stereocenters. The Labute approximate surface area is 228 Å². The van der Waals surface area contributed by atoms with Crippen LogP contribution in [-0.4, -0.2) is 57.6 Å². The minimum Gasteiger partial charge on any atom is -0.497 e. The van der Waals surface area contributed by atoms with Crippen molar-refractivity contribution in [3.8, 4) is 28.6 Å². The first-order valence-electron chi connectivity index (χ1n) is 12.6. The summed E-state index contributed by atoms with van der Waals surface area (Å²) in [6.45, 7) is 4.90. The Bertz CT molecular complexity index is 1490. The number of aromatic nitrogens is 6. The molecule has 10 nitrogen and oxygen atoms in total. The Balaban J connectivity index is 0.000000298. The molecule has 0 fully saturated rings. The van der Waals surface area contributed by atoms with Crippen LogP contribution >= 0.6 is 0 Å². The van der Waals surface area contributed by atoms with Gasteiger partial charge in [-0.2, -0.15) is 5.10 Å². The van der Waals surface area contributed by atoms with Crippen LogP contribution < -0.4 is 19.1 Å². The maximum absolute atomic E-state index is 5.43. The number of aryl methyl sites for hydroxylation is 2. The molecule has 5 aromatic rings. The molecule has 2 aromatic carbocycles. The van der Waals surface area contributed by atoms with Gasteiger partial charge in [-0.15, -0.1) is 0 Å². The van der Waals surface area contributed by atoms with Gasteiger partial charge < -0.3 is 19.1 Å². The summed E-state index contributed by atoms with van der Waals surface area (Å²) in [5.41, 5.74) is 6.33. The summed E-state index contributed by atoms with van der Waals surface area (Å²) in [6, 6.07) is 11.9. The number of methoxy groups -OCH3 is 3. The van der Waals surface area contributed by atoms with Crippen LogP contribution in [0.15, 0.2) is 67.4 Å². The molecule has 0 radical (unpaired) electrons. The van der Waals surface area contributed by atoms with Crippen molar-refractivity contribution in [3.63, 3.8) is 0 Å². The molecule has 0 unspecified atom stereocenters. The zero-order chi connectivity index (χ0) is 27.8. The highest BCUT2D eigenvalue weighted by Crippen LogP contribution is 2.33. The lowest BCUT2D eigenvalue weighted by atomic mass is 10.2. The van der Waals surface area contributed by atoms with Crippen molar-refractivity contribution in [2.75, 3.05) is 32.8 Å². The van der Waals surface area contributed by atoms with Gasteiger partial charge in [-0.05, 0) is 31.5 Å². The number of hydrogen-bond donors (Lipinski definition) is 0. The monoisotopic (exact) mass is 527 g/mol. The van der Waals surface area contributed by atoms with E-state index in [-0.39, 0.29) is 0 Å². The number of nitrogens with zero attached hydrogens (tertiary/aromatic N) is 7. The predicted octanol–water partition coefficient (Wildman–Crippen LogP) is 5.25. The molecule has 0 aliphatic carbocycles. The highest BCUT2D eigenvalue weighted by atomic mass is 16.5. The van der Waals surface area contributed by atoms with E-state index in [0.29, 0.717) is 5.88 Å². The minimum atomic E-state index is 0.630. The third kappa shape index (κ3) is 6.40. The topological polar surface area (TPSA) is 100 Å². The number of anilines is 2. The first-order chi connectivity index (χ1) is 19.0. The smallest absolute Gasteiger partial charge is 0.235 e. The van der Waals surface area contributed by atoms with Gasteiger partial charge in [-0.1, -0.05) is 6.92 Å². The molecule has 3 aromatic heterocycles. The molecule has 0 spiro atoms. The Morgan fingerprint density at radius 3 is 2.13 bits per heavy atom. The molecule has 0 amide bonds. The first-order valence-corrected chi connectivity index (χ1v) is 12.6. The molecule has 3 heterocycles. The van der Waals surface area contributed by atoms with Crippen LogP contribution in [0.3, 0.4) is 0 Å². The van der Waals surface area contributed by atoms with Crippen LogP contribution in [0, 0.1) is 0 Å². The highest BCUT2D eigenvalue weighted by molar-refractivity contribution is 5.82. The Kier molecular flexibility index (Phi) is 8.88. The maximum Gasteiger partial charge on any atom is 0.235 e. The lowest BCUT2D eigenvalue weighted by molar-refractivity contribution is 0.390. The minimum absolute atomic E-state index is 0.630. The van der Waals surface area contributed by atoms with E-state index in [9.17, 15) is 0 Å². The zero-order valence-corrected chi connectivity index (χ0v) is 23.1. The van der Waals surface area contributed by atoms with Crippen molar-refractivity contribution in [1.82, 2.24) is 29.7 Å². The van der Waals surface area contributed by atoms with Gasteiger partial charge in [0.1, 0.15) is 17.2 Å². The van der Waals surface area contributed by atoms with Crippen LogP contribution in [-0.2, 0) is 13.5 Å². The summed E-state index contributed by atoms with van der Waals surface area (Å²) in [6.07, 6.45) is 9.65. The fourth-order valence-corrected chi connectivity index (χ4v) is 4.09. The van der Waals surface area contributed by atoms with Crippen molar-refractivity contribution < 1.29 is 14.2 Å². The van der Waals surface area contributed by atoms with E-state index < -0.39 is 0 Å². The van der Waals surface area contributed by atoms with Crippen LogP contribution in [0.5, 0.6) is 17.4 Å². The van der Waals surface area contributed by atoms with Gasteiger partial charge in [0.25, 0.3) is 0 Å². The quantitative estimate of drug-likeness (QED) is 0.268. The third-order valence-electron chi connectivity index (χ3n) is 6.07. The molecule has 0 aliphatic heterocycles. The highest BCUT2D eigenvalue weighted by Gasteiger charge is 2.13. The fraction of sp³-hybridized carbons (Fsp3) is 0.276. The number of benzene rings is 2. The SMILES string of the molecule is CCN(c1cc(OC)cc(OC)c1)c1ccc2ncc(-c3cnn(C)c3)nc2c1.CCc1nccnc1OC. The molecule has 0 bridgehead atoms. The number of rotatable bonds is 8. The lowest BCUT2D eigenvalue weighted by Gasteiger charge is -2.24. The van der Waals surface area contributed by atoms with E-state index in [4.69, 9.17) is 19.2 Å². The van der Waals surface area contributed by atoms with E-state index in [2.05, 4.69) is 44.0 Å². The van der Waals surface area contributed by atoms with Crippen molar-refractivity contribution in [1.29, 1.82) is 0 Å². The third-order valence-corrected chi connectivity index (χ3v) is 6.07. The molecule has 10 heteroatoms. The van der Waals surface area contributed by atoms with Gasteiger partial charge >= 0.3 is 0 Å². The molecule has 0 saturated heterocycles. The summed E-state index contributed by atoms with van der Waals surface area (Å²) in [5, 5.41) is 4.22. The second-order valence-corrected chi connectivity index (χ2v) is 8.51. The molecule has 0 N–H and O–H groups in total. The standard InChI is InChI=1S/C22H23N5O2.C7H10N2O/c1-5-27(17-8-18(28-3)11-19(9-17)29-4)16-6-7-20-21(10-16)25-22(13-23-20)15-12-24-26(2)14-15;1-3-6-7(10-2)9-5-4-8-6/h6-14H,5H2,1-4H3;4-5H,3H2,1-2H3. The van der Waals surface area contributed by atoms with Crippen molar-refractivity contribution in [3.05, 3.63) is 73.1 Å². The molecular formula is C29H33N7O3. The van der Waals surface area contributed by atoms with Crippen LogP contribution in [0.25, 0.3) is 22.3 Å². The largest absolute Gasteiger partial charge is 0.497 e. The van der Waals surface area contributed by atoms with Gasteiger partial charge in [0.2, 0.25) is 5.88 Å². The Morgan fingerprint density at radius 1 is 0.795 bits per heavy atom. The normalized spacial score (nSPS) is 10.5. The molecular weight excluding hydrogens is 494 g/mol. The molecule has 0 aliphatic rings. The first kappa shape index (κ1) is 27.3. The second-order valence-electron chi connectivity index (χ2n) is 8.51.